The summed E-state index contributed by atoms with van der Waals surface area (Å²) in [6.07, 6.45) is 7.60. The molecule has 1 aliphatic heterocycles. The van der Waals surface area contributed by atoms with E-state index < -0.39 is 0 Å². The molecule has 0 aromatic carbocycles. The Bertz CT molecular complexity index is 455. The molecular weight excluding hydrogens is 236 g/mol. The second kappa shape index (κ2) is 5.49. The van der Waals surface area contributed by atoms with Gasteiger partial charge >= 0.3 is 0 Å². The zero-order valence-corrected chi connectivity index (χ0v) is 11.9. The molecule has 0 unspecified atom stereocenters. The summed E-state index contributed by atoms with van der Waals surface area (Å²) >= 11 is 0. The molecule has 2 heterocycles. The summed E-state index contributed by atoms with van der Waals surface area (Å²) in [5.41, 5.74) is 2.30. The second-order valence-corrected chi connectivity index (χ2v) is 5.98. The number of carbonyl (C=O) groups excluding carboxylic acids is 1. The molecule has 1 aromatic rings. The summed E-state index contributed by atoms with van der Waals surface area (Å²) in [6, 6.07) is 2.04. The molecule has 1 saturated heterocycles. The van der Waals surface area contributed by atoms with Gasteiger partial charge in [0.25, 0.3) is 0 Å². The molecule has 0 radical (unpaired) electrons. The van der Waals surface area contributed by atoms with E-state index in [-0.39, 0.29) is 0 Å². The average molecular weight is 260 g/mol. The maximum atomic E-state index is 11.9. The zero-order valence-electron chi connectivity index (χ0n) is 11.9. The Morgan fingerprint density at radius 3 is 2.79 bits per heavy atom. The fraction of sp³-hybridized carbons (Fsp3) is 0.688. The zero-order chi connectivity index (χ0) is 13.2. The standard InChI is InChI=1S/C16H24N2O/c1-2-17-9-6-13(7-10-17)12-18-11-8-14-15(18)4-3-5-16(14)19/h8,11,13H,2-7,9-10,12H2,1H3. The fourth-order valence-electron chi connectivity index (χ4n) is 3.52. The van der Waals surface area contributed by atoms with Crippen molar-refractivity contribution in [1.82, 2.24) is 9.47 Å². The van der Waals surface area contributed by atoms with E-state index >= 15 is 0 Å². The van der Waals surface area contributed by atoms with Crippen molar-refractivity contribution in [2.45, 2.75) is 45.6 Å². The van der Waals surface area contributed by atoms with Crippen LogP contribution in [0.25, 0.3) is 0 Å². The van der Waals surface area contributed by atoms with Crippen LogP contribution in [0.15, 0.2) is 12.3 Å². The number of likely N-dealkylation sites (tertiary alicyclic amines) is 1. The van der Waals surface area contributed by atoms with Crippen LogP contribution in [0.2, 0.25) is 0 Å². The van der Waals surface area contributed by atoms with Crippen molar-refractivity contribution < 1.29 is 4.79 Å². The van der Waals surface area contributed by atoms with Crippen LogP contribution in [-0.4, -0.2) is 34.9 Å². The number of ketones is 1. The molecule has 0 bridgehead atoms. The maximum absolute atomic E-state index is 11.9. The largest absolute Gasteiger partial charge is 0.350 e. The summed E-state index contributed by atoms with van der Waals surface area (Å²) in [6.45, 7) is 7.02. The number of nitrogens with zero attached hydrogens (tertiary/aromatic N) is 2. The highest BCUT2D eigenvalue weighted by molar-refractivity contribution is 5.98. The van der Waals surface area contributed by atoms with Gasteiger partial charge in [-0.1, -0.05) is 6.92 Å². The van der Waals surface area contributed by atoms with Crippen LogP contribution in [0.3, 0.4) is 0 Å². The first-order valence-corrected chi connectivity index (χ1v) is 7.71. The van der Waals surface area contributed by atoms with Gasteiger partial charge in [-0.05, 0) is 57.3 Å². The van der Waals surface area contributed by atoms with Crippen molar-refractivity contribution in [3.8, 4) is 0 Å². The van der Waals surface area contributed by atoms with Gasteiger partial charge in [0.1, 0.15) is 0 Å². The minimum atomic E-state index is 0.348. The van der Waals surface area contributed by atoms with Crippen molar-refractivity contribution in [2.75, 3.05) is 19.6 Å². The molecule has 1 aromatic heterocycles. The molecule has 0 spiro atoms. The summed E-state index contributed by atoms with van der Waals surface area (Å²) in [4.78, 5) is 14.4. The van der Waals surface area contributed by atoms with Crippen molar-refractivity contribution in [2.24, 2.45) is 5.92 Å². The first kappa shape index (κ1) is 12.9. The minimum absolute atomic E-state index is 0.348. The third-order valence-electron chi connectivity index (χ3n) is 4.81. The number of hydrogen-bond acceptors (Lipinski definition) is 2. The summed E-state index contributed by atoms with van der Waals surface area (Å²) in [5, 5.41) is 0. The fourth-order valence-corrected chi connectivity index (χ4v) is 3.52. The van der Waals surface area contributed by atoms with E-state index in [1.54, 1.807) is 0 Å². The number of hydrogen-bond donors (Lipinski definition) is 0. The predicted molar refractivity (Wildman–Crippen MR) is 76.5 cm³/mol. The monoisotopic (exact) mass is 260 g/mol. The lowest BCUT2D eigenvalue weighted by Gasteiger charge is -2.31. The third-order valence-corrected chi connectivity index (χ3v) is 4.81. The van der Waals surface area contributed by atoms with Gasteiger partial charge in [0.15, 0.2) is 5.78 Å². The van der Waals surface area contributed by atoms with Gasteiger partial charge in [0.05, 0.1) is 0 Å². The first-order valence-electron chi connectivity index (χ1n) is 7.71. The number of carbonyl (C=O) groups is 1. The van der Waals surface area contributed by atoms with E-state index in [1.165, 1.54) is 38.2 Å². The van der Waals surface area contributed by atoms with Gasteiger partial charge in [-0.25, -0.2) is 0 Å². The average Bonchev–Trinajstić information content (AvgIpc) is 2.84. The lowest BCUT2D eigenvalue weighted by atomic mass is 9.95. The Kier molecular flexibility index (Phi) is 3.74. The highest BCUT2D eigenvalue weighted by Crippen LogP contribution is 2.25. The van der Waals surface area contributed by atoms with Crippen LogP contribution in [0.5, 0.6) is 0 Å². The van der Waals surface area contributed by atoms with Gasteiger partial charge in [-0.15, -0.1) is 0 Å². The number of aromatic nitrogens is 1. The molecule has 104 valence electrons. The van der Waals surface area contributed by atoms with Crippen molar-refractivity contribution in [1.29, 1.82) is 0 Å². The van der Waals surface area contributed by atoms with Gasteiger partial charge in [-0.2, -0.15) is 0 Å². The normalized spacial score (nSPS) is 21.6. The first-order chi connectivity index (χ1) is 9.28. The SMILES string of the molecule is CCN1CCC(Cn2ccc3c2CCCC3=O)CC1. The number of piperidine rings is 1. The lowest BCUT2D eigenvalue weighted by Crippen LogP contribution is -2.34. The van der Waals surface area contributed by atoms with Crippen molar-refractivity contribution >= 4 is 5.78 Å². The van der Waals surface area contributed by atoms with Gasteiger partial charge in [0, 0.05) is 30.4 Å². The topological polar surface area (TPSA) is 25.2 Å². The van der Waals surface area contributed by atoms with Gasteiger partial charge in [-0.3, -0.25) is 4.79 Å². The Morgan fingerprint density at radius 1 is 1.26 bits per heavy atom. The molecule has 1 fully saturated rings. The summed E-state index contributed by atoms with van der Waals surface area (Å²) in [5.74, 6) is 1.14. The molecule has 3 nitrogen and oxygen atoms in total. The molecule has 3 rings (SSSR count). The minimum Gasteiger partial charge on any atom is -0.350 e. The molecule has 0 saturated carbocycles. The van der Waals surface area contributed by atoms with Crippen molar-refractivity contribution in [3.05, 3.63) is 23.5 Å². The van der Waals surface area contributed by atoms with E-state index in [2.05, 4.69) is 22.6 Å². The van der Waals surface area contributed by atoms with E-state index in [1.807, 2.05) is 6.07 Å². The molecule has 0 amide bonds. The third kappa shape index (κ3) is 2.62. The van der Waals surface area contributed by atoms with Crippen LogP contribution in [0, 0.1) is 5.92 Å². The highest BCUT2D eigenvalue weighted by Gasteiger charge is 2.23. The Hall–Kier alpha value is -1.09. The Balaban J connectivity index is 1.66. The predicted octanol–water partition coefficient (Wildman–Crippen LogP) is 2.74. The molecule has 2 aliphatic rings. The van der Waals surface area contributed by atoms with E-state index in [0.29, 0.717) is 5.78 Å². The highest BCUT2D eigenvalue weighted by atomic mass is 16.1. The van der Waals surface area contributed by atoms with Crippen LogP contribution in [0.1, 0.15) is 48.7 Å². The van der Waals surface area contributed by atoms with E-state index in [0.717, 1.165) is 37.3 Å². The molecule has 19 heavy (non-hydrogen) atoms. The van der Waals surface area contributed by atoms with Crippen LogP contribution < -0.4 is 0 Å². The van der Waals surface area contributed by atoms with Gasteiger partial charge < -0.3 is 9.47 Å². The Labute approximate surface area is 115 Å². The lowest BCUT2D eigenvalue weighted by molar-refractivity contribution is 0.0971. The number of rotatable bonds is 3. The molecular formula is C16H24N2O. The summed E-state index contributed by atoms with van der Waals surface area (Å²) < 4.78 is 2.36. The smallest absolute Gasteiger partial charge is 0.164 e. The van der Waals surface area contributed by atoms with Gasteiger partial charge in [0.2, 0.25) is 0 Å². The van der Waals surface area contributed by atoms with E-state index in [9.17, 15) is 4.79 Å². The molecule has 0 N–H and O–H groups in total. The number of fused-ring (bicyclic) bond motifs is 1. The molecule has 0 atom stereocenters. The van der Waals surface area contributed by atoms with Crippen molar-refractivity contribution in [3.63, 3.8) is 0 Å². The van der Waals surface area contributed by atoms with Crippen LogP contribution in [0.4, 0.5) is 0 Å². The molecule has 1 aliphatic carbocycles. The Morgan fingerprint density at radius 2 is 2.05 bits per heavy atom. The van der Waals surface area contributed by atoms with Crippen LogP contribution in [-0.2, 0) is 13.0 Å². The number of Topliss-reactive ketones (excluding diaryl/α,β-unsaturated/α-hetero) is 1. The maximum Gasteiger partial charge on any atom is 0.164 e. The van der Waals surface area contributed by atoms with E-state index in [4.69, 9.17) is 0 Å². The second-order valence-electron chi connectivity index (χ2n) is 5.98. The summed E-state index contributed by atoms with van der Waals surface area (Å²) in [7, 11) is 0. The quantitative estimate of drug-likeness (QED) is 0.835. The molecule has 3 heteroatoms. The van der Waals surface area contributed by atoms with Crippen LogP contribution >= 0.6 is 0 Å².